The molecule has 168 valence electrons. The van der Waals surface area contributed by atoms with Crippen molar-refractivity contribution in [3.8, 4) is 0 Å². The van der Waals surface area contributed by atoms with Gasteiger partial charge < -0.3 is 21.3 Å². The molecule has 0 saturated carbocycles. The van der Waals surface area contributed by atoms with Gasteiger partial charge in [-0.3, -0.25) is 9.59 Å². The molecule has 0 radical (unpaired) electrons. The number of hydrogen-bond acceptors (Lipinski definition) is 4. The summed E-state index contributed by atoms with van der Waals surface area (Å²) in [7, 11) is 4.02. The second-order valence-electron chi connectivity index (χ2n) is 8.29. The molecule has 33 heavy (non-hydrogen) atoms. The minimum absolute atomic E-state index is 0.134. The Morgan fingerprint density at radius 3 is 2.30 bits per heavy atom. The number of carbonyl (C=O) groups is 2. The molecule has 0 fully saturated rings. The smallest absolute Gasteiger partial charge is 0.258 e. The predicted octanol–water partition coefficient (Wildman–Crippen LogP) is 3.85. The highest BCUT2D eigenvalue weighted by Gasteiger charge is 2.28. The van der Waals surface area contributed by atoms with Crippen molar-refractivity contribution in [3.05, 3.63) is 94.8 Å². The molecule has 3 aromatic rings. The Balaban J connectivity index is 1.77. The van der Waals surface area contributed by atoms with Gasteiger partial charge in [-0.25, -0.2) is 4.39 Å². The van der Waals surface area contributed by atoms with E-state index in [-0.39, 0.29) is 12.3 Å². The number of halogens is 1. The number of amides is 2. The summed E-state index contributed by atoms with van der Waals surface area (Å²) in [6.45, 7) is 0.816. The number of fused-ring (bicyclic) bond motifs is 1. The zero-order valence-corrected chi connectivity index (χ0v) is 18.5. The number of nitrogens with two attached hydrogens (primary N) is 1. The first-order valence-corrected chi connectivity index (χ1v) is 10.5. The molecule has 3 aromatic carbocycles. The van der Waals surface area contributed by atoms with Gasteiger partial charge in [-0.2, -0.15) is 0 Å². The van der Waals surface area contributed by atoms with Crippen LogP contribution in [0, 0.1) is 5.82 Å². The van der Waals surface area contributed by atoms with Crippen molar-refractivity contribution >= 4 is 34.5 Å². The summed E-state index contributed by atoms with van der Waals surface area (Å²) in [5.41, 5.74) is 10.9. The molecule has 0 aromatic heterocycles. The molecule has 0 aliphatic carbocycles. The van der Waals surface area contributed by atoms with Crippen LogP contribution in [0.15, 0.2) is 66.7 Å². The highest BCUT2D eigenvalue weighted by Crippen LogP contribution is 2.38. The monoisotopic (exact) mass is 444 g/mol. The van der Waals surface area contributed by atoms with Crippen molar-refractivity contribution in [1.82, 2.24) is 4.90 Å². The van der Waals surface area contributed by atoms with Crippen molar-refractivity contribution in [2.24, 2.45) is 5.73 Å². The molecule has 1 aliphatic rings. The minimum atomic E-state index is -0.419. The van der Waals surface area contributed by atoms with Crippen LogP contribution in [0.1, 0.15) is 22.3 Å². The van der Waals surface area contributed by atoms with Gasteiger partial charge in [0.1, 0.15) is 5.82 Å². The van der Waals surface area contributed by atoms with Crippen LogP contribution < -0.4 is 16.4 Å². The first-order valence-electron chi connectivity index (χ1n) is 10.5. The second kappa shape index (κ2) is 9.26. The standard InChI is InChI=1S/C26H25FN4O2/c1-31(2)15-17-5-10-20(11-6-17)29-25(18-7-3-16(4-8-18)13-23(28)32)24-21-12-9-19(27)14-22(21)30-26(24)33/h3-12,14,29H,13,15H2,1-2H3,(H2,28,32)(H,30,33)/b25-24-. The fraction of sp³-hybridized carbons (Fsp3) is 0.154. The molecule has 0 atom stereocenters. The number of anilines is 2. The lowest BCUT2D eigenvalue weighted by atomic mass is 9.98. The third-order valence-electron chi connectivity index (χ3n) is 5.32. The highest BCUT2D eigenvalue weighted by atomic mass is 19.1. The van der Waals surface area contributed by atoms with E-state index in [0.29, 0.717) is 22.5 Å². The zero-order valence-electron chi connectivity index (χ0n) is 18.5. The van der Waals surface area contributed by atoms with E-state index in [0.717, 1.165) is 28.9 Å². The summed E-state index contributed by atoms with van der Waals surface area (Å²) in [5, 5.41) is 6.13. The van der Waals surface area contributed by atoms with Crippen LogP contribution in [-0.4, -0.2) is 30.8 Å². The Bertz CT molecular complexity index is 1230. The lowest BCUT2D eigenvalue weighted by Crippen LogP contribution is -2.14. The van der Waals surface area contributed by atoms with Gasteiger partial charge in [0, 0.05) is 17.8 Å². The molecular formula is C26H25FN4O2. The number of nitrogens with one attached hydrogen (secondary N) is 2. The fourth-order valence-electron chi connectivity index (χ4n) is 3.87. The first kappa shape index (κ1) is 22.2. The Labute approximate surface area is 191 Å². The fourth-order valence-corrected chi connectivity index (χ4v) is 3.87. The van der Waals surface area contributed by atoms with E-state index in [1.807, 2.05) is 50.5 Å². The van der Waals surface area contributed by atoms with Gasteiger partial charge in [-0.05, 0) is 61.1 Å². The van der Waals surface area contributed by atoms with E-state index in [9.17, 15) is 14.0 Å². The zero-order chi connectivity index (χ0) is 23.5. The summed E-state index contributed by atoms with van der Waals surface area (Å²) in [6.07, 6.45) is 0.134. The number of hydrogen-bond donors (Lipinski definition) is 3. The highest BCUT2D eigenvalue weighted by molar-refractivity contribution is 6.37. The van der Waals surface area contributed by atoms with Crippen molar-refractivity contribution in [3.63, 3.8) is 0 Å². The van der Waals surface area contributed by atoms with Crippen LogP contribution in [0.3, 0.4) is 0 Å². The van der Waals surface area contributed by atoms with Crippen LogP contribution >= 0.6 is 0 Å². The van der Waals surface area contributed by atoms with Gasteiger partial charge in [0.2, 0.25) is 5.91 Å². The van der Waals surface area contributed by atoms with E-state index in [2.05, 4.69) is 15.5 Å². The molecule has 1 heterocycles. The minimum Gasteiger partial charge on any atom is -0.369 e. The van der Waals surface area contributed by atoms with Gasteiger partial charge in [0.15, 0.2) is 0 Å². The van der Waals surface area contributed by atoms with Crippen molar-refractivity contribution < 1.29 is 14.0 Å². The third-order valence-corrected chi connectivity index (χ3v) is 5.32. The van der Waals surface area contributed by atoms with Gasteiger partial charge in [0.05, 0.1) is 23.4 Å². The Hall–Kier alpha value is -3.97. The normalized spacial score (nSPS) is 14.1. The molecule has 6 nitrogen and oxygen atoms in total. The molecule has 2 amide bonds. The first-order chi connectivity index (χ1) is 15.8. The molecule has 4 N–H and O–H groups in total. The van der Waals surface area contributed by atoms with Crippen LogP contribution in [0.4, 0.5) is 15.8 Å². The summed E-state index contributed by atoms with van der Waals surface area (Å²) in [6, 6.07) is 19.5. The molecule has 0 spiro atoms. The van der Waals surface area contributed by atoms with Gasteiger partial charge in [0.25, 0.3) is 5.91 Å². The molecule has 0 unspecified atom stereocenters. The summed E-state index contributed by atoms with van der Waals surface area (Å²) >= 11 is 0. The number of nitrogens with zero attached hydrogens (tertiary/aromatic N) is 1. The number of rotatable bonds is 7. The van der Waals surface area contributed by atoms with E-state index >= 15 is 0 Å². The van der Waals surface area contributed by atoms with Crippen molar-refractivity contribution in [2.45, 2.75) is 13.0 Å². The van der Waals surface area contributed by atoms with Crippen molar-refractivity contribution in [2.75, 3.05) is 24.7 Å². The largest absolute Gasteiger partial charge is 0.369 e. The van der Waals surface area contributed by atoms with Crippen molar-refractivity contribution in [1.29, 1.82) is 0 Å². The van der Waals surface area contributed by atoms with Crippen LogP contribution in [0.5, 0.6) is 0 Å². The molecule has 0 bridgehead atoms. The molecule has 0 saturated heterocycles. The van der Waals surface area contributed by atoms with E-state index in [1.165, 1.54) is 12.1 Å². The van der Waals surface area contributed by atoms with Crippen LogP contribution in [-0.2, 0) is 22.6 Å². The summed E-state index contributed by atoms with van der Waals surface area (Å²) in [5.74, 6) is -1.15. The van der Waals surface area contributed by atoms with Crippen LogP contribution in [0.25, 0.3) is 11.3 Å². The SMILES string of the molecule is CN(C)Cc1ccc(N/C(=C2\C(=O)Nc3cc(F)ccc32)c2ccc(CC(N)=O)cc2)cc1. The van der Waals surface area contributed by atoms with E-state index in [4.69, 9.17) is 5.73 Å². The number of primary amides is 1. The van der Waals surface area contributed by atoms with E-state index < -0.39 is 11.7 Å². The maximum atomic E-state index is 13.7. The quantitative estimate of drug-likeness (QED) is 0.483. The maximum absolute atomic E-state index is 13.7. The number of benzene rings is 3. The average molecular weight is 445 g/mol. The maximum Gasteiger partial charge on any atom is 0.258 e. The molecule has 1 aliphatic heterocycles. The summed E-state index contributed by atoms with van der Waals surface area (Å²) < 4.78 is 13.7. The molecular weight excluding hydrogens is 419 g/mol. The van der Waals surface area contributed by atoms with Crippen LogP contribution in [0.2, 0.25) is 0 Å². The lowest BCUT2D eigenvalue weighted by Gasteiger charge is -2.16. The second-order valence-corrected chi connectivity index (χ2v) is 8.29. The topological polar surface area (TPSA) is 87.5 Å². The van der Waals surface area contributed by atoms with Gasteiger partial charge in [-0.15, -0.1) is 0 Å². The Morgan fingerprint density at radius 2 is 1.67 bits per heavy atom. The Morgan fingerprint density at radius 1 is 1.00 bits per heavy atom. The Kier molecular flexibility index (Phi) is 6.24. The van der Waals surface area contributed by atoms with Gasteiger partial charge in [-0.1, -0.05) is 36.4 Å². The number of carbonyl (C=O) groups excluding carboxylic acids is 2. The molecule has 4 rings (SSSR count). The van der Waals surface area contributed by atoms with Gasteiger partial charge >= 0.3 is 0 Å². The predicted molar refractivity (Wildman–Crippen MR) is 129 cm³/mol. The molecule has 7 heteroatoms. The third kappa shape index (κ3) is 5.10. The average Bonchev–Trinajstić information content (AvgIpc) is 3.07. The summed E-state index contributed by atoms with van der Waals surface area (Å²) in [4.78, 5) is 26.3. The van der Waals surface area contributed by atoms with E-state index in [1.54, 1.807) is 18.2 Å². The lowest BCUT2D eigenvalue weighted by molar-refractivity contribution is -0.117.